The molecular weight excluding hydrogens is 270 g/mol. The minimum atomic E-state index is -0.362. The molecule has 0 bridgehead atoms. The van der Waals surface area contributed by atoms with E-state index in [9.17, 15) is 9.59 Å². The minimum absolute atomic E-state index is 0.00204. The Morgan fingerprint density at radius 3 is 2.57 bits per heavy atom. The van der Waals surface area contributed by atoms with Crippen LogP contribution in [0.1, 0.15) is 43.0 Å². The molecule has 1 aliphatic carbocycles. The molecule has 6 heteroatoms. The highest BCUT2D eigenvalue weighted by molar-refractivity contribution is 5.89. The minimum Gasteiger partial charge on any atom is -0.462 e. The molecule has 1 fully saturated rings. The summed E-state index contributed by atoms with van der Waals surface area (Å²) in [6.45, 7) is 2.12. The SMILES string of the molecule is CCOC(=O)c1ccc(NC2CCC(C(N)=O)CC2)nc1. The normalized spacial score (nSPS) is 21.6. The Morgan fingerprint density at radius 1 is 1.33 bits per heavy atom. The van der Waals surface area contributed by atoms with Gasteiger partial charge in [-0.25, -0.2) is 9.78 Å². The molecule has 1 aliphatic rings. The second-order valence-corrected chi connectivity index (χ2v) is 5.25. The number of carbonyl (C=O) groups excluding carboxylic acids is 2. The molecule has 1 amide bonds. The van der Waals surface area contributed by atoms with E-state index in [0.717, 1.165) is 31.5 Å². The van der Waals surface area contributed by atoms with Gasteiger partial charge in [-0.1, -0.05) is 0 Å². The van der Waals surface area contributed by atoms with Crippen LogP contribution >= 0.6 is 0 Å². The predicted octanol–water partition coefficient (Wildman–Crippen LogP) is 1.71. The number of nitrogens with one attached hydrogen (secondary N) is 1. The standard InChI is InChI=1S/C15H21N3O3/c1-2-21-15(20)11-5-8-13(17-9-11)18-12-6-3-10(4-7-12)14(16)19/h5,8-10,12H,2-4,6-7H2,1H3,(H2,16,19)(H,17,18). The lowest BCUT2D eigenvalue weighted by molar-refractivity contribution is -0.122. The molecule has 1 aromatic heterocycles. The summed E-state index contributed by atoms with van der Waals surface area (Å²) < 4.78 is 4.91. The molecule has 21 heavy (non-hydrogen) atoms. The van der Waals surface area contributed by atoms with E-state index in [1.807, 2.05) is 0 Å². The van der Waals surface area contributed by atoms with Gasteiger partial charge >= 0.3 is 5.97 Å². The number of hydrogen-bond donors (Lipinski definition) is 2. The van der Waals surface area contributed by atoms with Crippen LogP contribution < -0.4 is 11.1 Å². The summed E-state index contributed by atoms with van der Waals surface area (Å²) in [5.74, 6) is 0.164. The highest BCUT2D eigenvalue weighted by Crippen LogP contribution is 2.25. The van der Waals surface area contributed by atoms with Crippen molar-refractivity contribution >= 4 is 17.7 Å². The number of rotatable bonds is 5. The maximum atomic E-state index is 11.5. The van der Waals surface area contributed by atoms with E-state index < -0.39 is 0 Å². The number of nitrogens with zero attached hydrogens (tertiary/aromatic N) is 1. The van der Waals surface area contributed by atoms with Crippen molar-refractivity contribution in [3.8, 4) is 0 Å². The molecular formula is C15H21N3O3. The van der Waals surface area contributed by atoms with Gasteiger partial charge in [0.25, 0.3) is 0 Å². The van der Waals surface area contributed by atoms with E-state index in [0.29, 0.717) is 18.2 Å². The van der Waals surface area contributed by atoms with Crippen molar-refractivity contribution in [2.75, 3.05) is 11.9 Å². The van der Waals surface area contributed by atoms with E-state index >= 15 is 0 Å². The summed E-state index contributed by atoms with van der Waals surface area (Å²) in [7, 11) is 0. The Morgan fingerprint density at radius 2 is 2.05 bits per heavy atom. The van der Waals surface area contributed by atoms with Gasteiger partial charge in [-0.05, 0) is 44.7 Å². The lowest BCUT2D eigenvalue weighted by Gasteiger charge is -2.27. The van der Waals surface area contributed by atoms with Crippen LogP contribution in [0.25, 0.3) is 0 Å². The average molecular weight is 291 g/mol. The van der Waals surface area contributed by atoms with Gasteiger partial charge in [0.2, 0.25) is 5.91 Å². The fourth-order valence-electron chi connectivity index (χ4n) is 2.55. The van der Waals surface area contributed by atoms with Gasteiger partial charge in [-0.2, -0.15) is 0 Å². The first-order valence-electron chi connectivity index (χ1n) is 7.29. The largest absolute Gasteiger partial charge is 0.462 e. The third-order valence-corrected chi connectivity index (χ3v) is 3.76. The van der Waals surface area contributed by atoms with Crippen molar-refractivity contribution in [3.05, 3.63) is 23.9 Å². The molecule has 1 heterocycles. The molecule has 0 atom stereocenters. The smallest absolute Gasteiger partial charge is 0.339 e. The second kappa shape index (κ2) is 7.06. The first-order valence-corrected chi connectivity index (χ1v) is 7.29. The van der Waals surface area contributed by atoms with Gasteiger partial charge in [0, 0.05) is 18.2 Å². The number of ether oxygens (including phenoxy) is 1. The van der Waals surface area contributed by atoms with Gasteiger partial charge < -0.3 is 15.8 Å². The Hall–Kier alpha value is -2.11. The van der Waals surface area contributed by atoms with Gasteiger partial charge in [-0.3, -0.25) is 4.79 Å². The zero-order chi connectivity index (χ0) is 15.2. The van der Waals surface area contributed by atoms with Crippen LogP contribution in [0.15, 0.2) is 18.3 Å². The van der Waals surface area contributed by atoms with Gasteiger partial charge in [0.15, 0.2) is 0 Å². The van der Waals surface area contributed by atoms with Crippen LogP contribution in [-0.4, -0.2) is 29.5 Å². The van der Waals surface area contributed by atoms with Crippen LogP contribution in [0.3, 0.4) is 0 Å². The van der Waals surface area contributed by atoms with Crippen LogP contribution in [0.4, 0.5) is 5.82 Å². The Balaban J connectivity index is 1.87. The number of pyridine rings is 1. The van der Waals surface area contributed by atoms with E-state index in [-0.39, 0.29) is 17.8 Å². The summed E-state index contributed by atoms with van der Waals surface area (Å²) in [4.78, 5) is 26.9. The first-order chi connectivity index (χ1) is 10.1. The summed E-state index contributed by atoms with van der Waals surface area (Å²) in [5.41, 5.74) is 5.76. The maximum absolute atomic E-state index is 11.5. The third kappa shape index (κ3) is 4.18. The highest BCUT2D eigenvalue weighted by atomic mass is 16.5. The maximum Gasteiger partial charge on any atom is 0.339 e. The molecule has 0 spiro atoms. The van der Waals surface area contributed by atoms with Crippen LogP contribution in [0, 0.1) is 5.92 Å². The molecule has 0 unspecified atom stereocenters. The highest BCUT2D eigenvalue weighted by Gasteiger charge is 2.24. The number of esters is 1. The monoisotopic (exact) mass is 291 g/mol. The average Bonchev–Trinajstić information content (AvgIpc) is 2.49. The molecule has 114 valence electrons. The molecule has 3 N–H and O–H groups in total. The van der Waals surface area contributed by atoms with Crippen molar-refractivity contribution in [1.29, 1.82) is 0 Å². The quantitative estimate of drug-likeness (QED) is 0.805. The molecule has 0 aliphatic heterocycles. The molecule has 1 aromatic rings. The molecule has 0 saturated heterocycles. The van der Waals surface area contributed by atoms with Crippen LogP contribution in [-0.2, 0) is 9.53 Å². The number of amides is 1. The number of nitrogens with two attached hydrogens (primary N) is 1. The lowest BCUT2D eigenvalue weighted by Crippen LogP contribution is -2.32. The van der Waals surface area contributed by atoms with Crippen molar-refractivity contribution in [2.45, 2.75) is 38.6 Å². The predicted molar refractivity (Wildman–Crippen MR) is 78.8 cm³/mol. The summed E-state index contributed by atoms with van der Waals surface area (Å²) >= 11 is 0. The number of primary amides is 1. The van der Waals surface area contributed by atoms with Crippen LogP contribution in [0.2, 0.25) is 0 Å². The fraction of sp³-hybridized carbons (Fsp3) is 0.533. The number of hydrogen-bond acceptors (Lipinski definition) is 5. The molecule has 0 aromatic carbocycles. The Kier molecular flexibility index (Phi) is 5.14. The van der Waals surface area contributed by atoms with Crippen molar-refractivity contribution in [1.82, 2.24) is 4.98 Å². The number of aromatic nitrogens is 1. The Bertz CT molecular complexity index is 493. The summed E-state index contributed by atoms with van der Waals surface area (Å²) in [5, 5.41) is 3.32. The zero-order valence-electron chi connectivity index (χ0n) is 12.2. The fourth-order valence-corrected chi connectivity index (χ4v) is 2.55. The summed E-state index contributed by atoms with van der Waals surface area (Å²) in [6, 6.07) is 3.76. The first kappa shape index (κ1) is 15.3. The Labute approximate surface area is 124 Å². The lowest BCUT2D eigenvalue weighted by atomic mass is 9.85. The van der Waals surface area contributed by atoms with Crippen molar-refractivity contribution < 1.29 is 14.3 Å². The number of anilines is 1. The van der Waals surface area contributed by atoms with E-state index in [4.69, 9.17) is 10.5 Å². The molecule has 1 saturated carbocycles. The van der Waals surface area contributed by atoms with Crippen molar-refractivity contribution in [2.24, 2.45) is 11.7 Å². The van der Waals surface area contributed by atoms with Gasteiger partial charge in [-0.15, -0.1) is 0 Å². The molecule has 2 rings (SSSR count). The van der Waals surface area contributed by atoms with E-state index in [1.54, 1.807) is 19.1 Å². The topological polar surface area (TPSA) is 94.3 Å². The molecule has 0 radical (unpaired) electrons. The van der Waals surface area contributed by atoms with E-state index in [1.165, 1.54) is 6.20 Å². The summed E-state index contributed by atoms with van der Waals surface area (Å²) in [6.07, 6.45) is 4.93. The zero-order valence-corrected chi connectivity index (χ0v) is 12.2. The van der Waals surface area contributed by atoms with Gasteiger partial charge in [0.05, 0.1) is 12.2 Å². The second-order valence-electron chi connectivity index (χ2n) is 5.25. The number of carbonyl (C=O) groups is 2. The van der Waals surface area contributed by atoms with Crippen molar-refractivity contribution in [3.63, 3.8) is 0 Å². The van der Waals surface area contributed by atoms with E-state index in [2.05, 4.69) is 10.3 Å². The van der Waals surface area contributed by atoms with Crippen LogP contribution in [0.5, 0.6) is 0 Å². The molecule has 6 nitrogen and oxygen atoms in total. The van der Waals surface area contributed by atoms with Gasteiger partial charge in [0.1, 0.15) is 5.82 Å². The third-order valence-electron chi connectivity index (χ3n) is 3.76.